The Labute approximate surface area is 146 Å². The van der Waals surface area contributed by atoms with Crippen LogP contribution in [0.1, 0.15) is 24.8 Å². The second-order valence-electron chi connectivity index (χ2n) is 6.00. The number of hydrogen-bond donors (Lipinski definition) is 1. The molecule has 1 amide bonds. The van der Waals surface area contributed by atoms with Gasteiger partial charge in [-0.15, -0.1) is 0 Å². The smallest absolute Gasteiger partial charge is 0.235 e. The minimum atomic E-state index is -0.513. The Hall–Kier alpha value is -2.20. The predicted octanol–water partition coefficient (Wildman–Crippen LogP) is 4.42. The summed E-state index contributed by atoms with van der Waals surface area (Å²) in [6.45, 7) is 0. The SMILES string of the molecule is COc1cc(NC(=O)C2(c3cccc(Cl)c3)CCC2)cc(OC)c1. The Balaban J connectivity index is 1.88. The topological polar surface area (TPSA) is 47.6 Å². The normalized spacial score (nSPS) is 15.3. The van der Waals surface area contributed by atoms with Gasteiger partial charge in [-0.25, -0.2) is 0 Å². The van der Waals surface area contributed by atoms with Gasteiger partial charge in [-0.3, -0.25) is 4.79 Å². The van der Waals surface area contributed by atoms with E-state index in [-0.39, 0.29) is 5.91 Å². The highest BCUT2D eigenvalue weighted by molar-refractivity contribution is 6.30. The third-order valence-corrected chi connectivity index (χ3v) is 4.86. The lowest BCUT2D eigenvalue weighted by molar-refractivity contribution is -0.124. The average molecular weight is 346 g/mol. The van der Waals surface area contributed by atoms with E-state index in [1.165, 1.54) is 0 Å². The van der Waals surface area contributed by atoms with E-state index >= 15 is 0 Å². The van der Waals surface area contributed by atoms with Crippen LogP contribution in [0.4, 0.5) is 5.69 Å². The van der Waals surface area contributed by atoms with Crippen molar-refractivity contribution in [1.29, 1.82) is 0 Å². The number of nitrogens with one attached hydrogen (secondary N) is 1. The van der Waals surface area contributed by atoms with Gasteiger partial charge in [0.1, 0.15) is 11.5 Å². The van der Waals surface area contributed by atoms with Crippen molar-refractivity contribution in [3.8, 4) is 11.5 Å². The van der Waals surface area contributed by atoms with Crippen molar-refractivity contribution in [3.05, 3.63) is 53.1 Å². The zero-order valence-corrected chi connectivity index (χ0v) is 14.5. The van der Waals surface area contributed by atoms with Crippen molar-refractivity contribution in [1.82, 2.24) is 0 Å². The fourth-order valence-electron chi connectivity index (χ4n) is 3.09. The molecule has 3 rings (SSSR count). The van der Waals surface area contributed by atoms with Gasteiger partial charge < -0.3 is 14.8 Å². The van der Waals surface area contributed by atoms with Crippen LogP contribution in [0.25, 0.3) is 0 Å². The number of halogens is 1. The molecule has 24 heavy (non-hydrogen) atoms. The Kier molecular flexibility index (Phi) is 4.67. The molecule has 0 saturated heterocycles. The summed E-state index contributed by atoms with van der Waals surface area (Å²) >= 11 is 6.11. The first-order chi connectivity index (χ1) is 11.6. The van der Waals surface area contributed by atoms with E-state index in [0.29, 0.717) is 22.2 Å². The largest absolute Gasteiger partial charge is 0.497 e. The third kappa shape index (κ3) is 3.06. The third-order valence-electron chi connectivity index (χ3n) is 4.63. The van der Waals surface area contributed by atoms with Crippen LogP contribution in [0.3, 0.4) is 0 Å². The van der Waals surface area contributed by atoms with Crippen molar-refractivity contribution >= 4 is 23.2 Å². The molecule has 0 spiro atoms. The Morgan fingerprint density at radius 1 is 1.08 bits per heavy atom. The second-order valence-corrected chi connectivity index (χ2v) is 6.44. The summed E-state index contributed by atoms with van der Waals surface area (Å²) in [5.41, 5.74) is 1.11. The van der Waals surface area contributed by atoms with E-state index in [4.69, 9.17) is 21.1 Å². The summed E-state index contributed by atoms with van der Waals surface area (Å²) < 4.78 is 10.5. The lowest BCUT2D eigenvalue weighted by Crippen LogP contribution is -2.46. The highest BCUT2D eigenvalue weighted by Crippen LogP contribution is 2.45. The van der Waals surface area contributed by atoms with Gasteiger partial charge >= 0.3 is 0 Å². The van der Waals surface area contributed by atoms with E-state index in [9.17, 15) is 4.79 Å². The van der Waals surface area contributed by atoms with Crippen LogP contribution < -0.4 is 14.8 Å². The van der Waals surface area contributed by atoms with E-state index < -0.39 is 5.41 Å². The fourth-order valence-corrected chi connectivity index (χ4v) is 3.28. The molecule has 0 heterocycles. The number of rotatable bonds is 5. The molecule has 0 atom stereocenters. The maximum Gasteiger partial charge on any atom is 0.235 e. The summed E-state index contributed by atoms with van der Waals surface area (Å²) in [6, 6.07) is 12.9. The number of hydrogen-bond acceptors (Lipinski definition) is 3. The van der Waals surface area contributed by atoms with Crippen LogP contribution in [0.2, 0.25) is 5.02 Å². The van der Waals surface area contributed by atoms with Gasteiger partial charge in [0.15, 0.2) is 0 Å². The maximum absolute atomic E-state index is 13.0. The van der Waals surface area contributed by atoms with Crippen molar-refractivity contribution in [3.63, 3.8) is 0 Å². The number of ether oxygens (including phenoxy) is 2. The van der Waals surface area contributed by atoms with E-state index in [2.05, 4.69) is 5.32 Å². The first kappa shape index (κ1) is 16.7. The monoisotopic (exact) mass is 345 g/mol. The molecular weight excluding hydrogens is 326 g/mol. The molecule has 0 radical (unpaired) electrons. The van der Waals surface area contributed by atoms with E-state index in [1.54, 1.807) is 32.4 Å². The van der Waals surface area contributed by atoms with Gasteiger partial charge in [-0.05, 0) is 30.5 Å². The van der Waals surface area contributed by atoms with Gasteiger partial charge in [0.05, 0.1) is 19.6 Å². The van der Waals surface area contributed by atoms with Gasteiger partial charge in [-0.2, -0.15) is 0 Å². The summed E-state index contributed by atoms with van der Waals surface area (Å²) in [5, 5.41) is 3.66. The van der Waals surface area contributed by atoms with Gasteiger partial charge in [-0.1, -0.05) is 30.2 Å². The van der Waals surface area contributed by atoms with E-state index in [0.717, 1.165) is 24.8 Å². The van der Waals surface area contributed by atoms with Crippen molar-refractivity contribution in [2.75, 3.05) is 19.5 Å². The molecule has 1 fully saturated rings. The highest BCUT2D eigenvalue weighted by Gasteiger charge is 2.45. The van der Waals surface area contributed by atoms with Crippen LogP contribution in [0.15, 0.2) is 42.5 Å². The maximum atomic E-state index is 13.0. The van der Waals surface area contributed by atoms with Crippen molar-refractivity contribution < 1.29 is 14.3 Å². The van der Waals surface area contributed by atoms with Crippen LogP contribution in [-0.4, -0.2) is 20.1 Å². The van der Waals surface area contributed by atoms with Gasteiger partial charge in [0, 0.05) is 28.9 Å². The minimum absolute atomic E-state index is 0.0219. The van der Waals surface area contributed by atoms with Crippen molar-refractivity contribution in [2.45, 2.75) is 24.7 Å². The first-order valence-corrected chi connectivity index (χ1v) is 8.26. The summed E-state index contributed by atoms with van der Waals surface area (Å²) in [7, 11) is 3.17. The lowest BCUT2D eigenvalue weighted by atomic mass is 9.64. The Bertz CT molecular complexity index is 734. The van der Waals surface area contributed by atoms with Crippen LogP contribution in [-0.2, 0) is 10.2 Å². The Morgan fingerprint density at radius 2 is 1.75 bits per heavy atom. The molecule has 0 aliphatic heterocycles. The van der Waals surface area contributed by atoms with Crippen molar-refractivity contribution in [2.24, 2.45) is 0 Å². The summed E-state index contributed by atoms with van der Waals surface area (Å²) in [4.78, 5) is 13.0. The predicted molar refractivity (Wildman–Crippen MR) is 95.2 cm³/mol. The molecule has 0 bridgehead atoms. The standard InChI is InChI=1S/C19H20ClNO3/c1-23-16-10-15(11-17(12-16)24-2)21-18(22)19(7-4-8-19)13-5-3-6-14(20)9-13/h3,5-6,9-12H,4,7-8H2,1-2H3,(H,21,22). The molecule has 2 aromatic rings. The minimum Gasteiger partial charge on any atom is -0.497 e. The molecule has 1 aliphatic carbocycles. The number of carbonyl (C=O) groups excluding carboxylic acids is 1. The highest BCUT2D eigenvalue weighted by atomic mass is 35.5. The molecule has 1 saturated carbocycles. The van der Waals surface area contributed by atoms with Crippen LogP contribution in [0, 0.1) is 0 Å². The molecule has 1 N–H and O–H groups in total. The second kappa shape index (κ2) is 6.73. The molecule has 1 aliphatic rings. The number of amides is 1. The molecule has 126 valence electrons. The van der Waals surface area contributed by atoms with Gasteiger partial charge in [0.25, 0.3) is 0 Å². The van der Waals surface area contributed by atoms with E-state index in [1.807, 2.05) is 24.3 Å². The zero-order valence-electron chi connectivity index (χ0n) is 13.8. The lowest BCUT2D eigenvalue weighted by Gasteiger charge is -2.40. The molecule has 2 aromatic carbocycles. The summed E-state index contributed by atoms with van der Waals surface area (Å²) in [6.07, 6.45) is 2.67. The molecule has 0 unspecified atom stereocenters. The number of benzene rings is 2. The zero-order chi connectivity index (χ0) is 17.2. The van der Waals surface area contributed by atoms with Gasteiger partial charge in [0.2, 0.25) is 5.91 Å². The average Bonchev–Trinajstić information content (AvgIpc) is 2.53. The fraction of sp³-hybridized carbons (Fsp3) is 0.316. The quantitative estimate of drug-likeness (QED) is 0.872. The summed E-state index contributed by atoms with van der Waals surface area (Å²) in [5.74, 6) is 1.25. The Morgan fingerprint density at radius 3 is 2.25 bits per heavy atom. The first-order valence-electron chi connectivity index (χ1n) is 7.88. The number of methoxy groups -OCH3 is 2. The number of carbonyl (C=O) groups is 1. The molecule has 4 nitrogen and oxygen atoms in total. The van der Waals surface area contributed by atoms with Crippen LogP contribution >= 0.6 is 11.6 Å². The number of anilines is 1. The molecular formula is C19H20ClNO3. The molecule has 0 aromatic heterocycles. The van der Waals surface area contributed by atoms with Crippen LogP contribution in [0.5, 0.6) is 11.5 Å². The molecule has 5 heteroatoms.